The Hall–Kier alpha value is -8.97. The second-order valence-electron chi connectivity index (χ2n) is 22.3. The number of carbonyl (C=O) groups is 3. The Morgan fingerprint density at radius 1 is 0.686 bits per heavy atom. The lowest BCUT2D eigenvalue weighted by Crippen LogP contribution is -2.50. The maximum atomic E-state index is 14.3. The number of nitrogens with one attached hydrogen (secondary N) is 2. The van der Waals surface area contributed by atoms with Gasteiger partial charge in [0.25, 0.3) is 11.4 Å². The third-order valence-electron chi connectivity index (χ3n) is 13.0. The van der Waals surface area contributed by atoms with Gasteiger partial charge in [0, 0.05) is 85.4 Å². The summed E-state index contributed by atoms with van der Waals surface area (Å²) in [6, 6.07) is 30.7. The number of ether oxygens (including phenoxy) is 4. The topological polar surface area (TPSA) is 254 Å². The molecule has 0 bridgehead atoms. The van der Waals surface area contributed by atoms with Crippen LogP contribution in [0, 0.1) is 26.0 Å². The molecular formula is C61H71F4N9O12. The van der Waals surface area contributed by atoms with Crippen LogP contribution in [-0.2, 0) is 14.3 Å². The van der Waals surface area contributed by atoms with Gasteiger partial charge in [0.2, 0.25) is 11.9 Å². The number of nitrogens with zero attached hydrogens (tertiary/aromatic N) is 7. The normalized spacial score (nSPS) is 19.5. The number of nitro benzene ring substituents is 2. The summed E-state index contributed by atoms with van der Waals surface area (Å²) < 4.78 is 75.6. The van der Waals surface area contributed by atoms with Crippen LogP contribution in [-0.4, -0.2) is 152 Å². The summed E-state index contributed by atoms with van der Waals surface area (Å²) in [5.74, 6) is 0.706. The number of para-hydroxylation sites is 1. The van der Waals surface area contributed by atoms with E-state index in [-0.39, 0.29) is 36.8 Å². The van der Waals surface area contributed by atoms with Gasteiger partial charge in [0.1, 0.15) is 53.1 Å². The van der Waals surface area contributed by atoms with Gasteiger partial charge < -0.3 is 49.4 Å². The predicted octanol–water partition coefficient (Wildman–Crippen LogP) is 12.0. The number of aliphatic hydroxyl groups is 1. The van der Waals surface area contributed by atoms with Crippen molar-refractivity contribution < 1.29 is 65.8 Å². The van der Waals surface area contributed by atoms with Crippen LogP contribution in [0.25, 0.3) is 22.0 Å². The van der Waals surface area contributed by atoms with E-state index in [0.29, 0.717) is 55.6 Å². The first-order chi connectivity index (χ1) is 40.6. The van der Waals surface area contributed by atoms with E-state index in [1.165, 1.54) is 40.1 Å². The van der Waals surface area contributed by atoms with Gasteiger partial charge in [-0.2, -0.15) is 0 Å². The number of piperidine rings is 3. The molecule has 0 saturated carbocycles. The molecule has 6 aromatic rings. The number of anilines is 3. The monoisotopic (exact) mass is 1200 g/mol. The van der Waals surface area contributed by atoms with E-state index in [4.69, 9.17) is 29.0 Å². The van der Waals surface area contributed by atoms with E-state index in [9.17, 15) is 52.2 Å². The highest BCUT2D eigenvalue weighted by atomic mass is 19.1. The standard InChI is InChI=1S/C29H28FN5O2.C16H21FN2O5.C10H18FNO3.C6H4FNO2/c1-3-27(36)32-22-8-4-6-19(16-22)24-9-5-7-20-17-31-29(34-28(20)24)33-21-10-12-23(13-11-21)37-26-14-15-35(2)18-25(26)30;1-16(2,3)24-15(20)18-9-8-14(13(17)10-18)23-12-6-4-11(5-7-12)19(21)22;1-10(2,3)15-9(14)12-5-4-8(13)7(11)6-12;7-5-1-3-6(4-2-5)8(9)10/h3-13,16-17,25-26H,1,14-15,18H2,2H3,(H,32,36)(H,31,33,34);4-7,13-14H,8-10H2,1-3H3;7-8,13H,4-6H2,1-3H3;1-4H. The average Bonchev–Trinajstić information content (AvgIpc) is 2.39. The highest BCUT2D eigenvalue weighted by Crippen LogP contribution is 2.31. The van der Waals surface area contributed by atoms with Crippen molar-refractivity contribution in [2.24, 2.45) is 0 Å². The van der Waals surface area contributed by atoms with Crippen LogP contribution in [0.4, 0.5) is 55.8 Å². The average molecular weight is 1200 g/mol. The minimum absolute atomic E-state index is 0.0566. The number of alkyl halides is 3. The summed E-state index contributed by atoms with van der Waals surface area (Å²) in [6.07, 6.45) is -2.63. The minimum Gasteiger partial charge on any atom is -0.487 e. The highest BCUT2D eigenvalue weighted by molar-refractivity contribution is 6.00. The number of halogens is 4. The third-order valence-corrected chi connectivity index (χ3v) is 13.0. The Labute approximate surface area is 495 Å². The summed E-state index contributed by atoms with van der Waals surface area (Å²) in [7, 11) is 1.92. The van der Waals surface area contributed by atoms with Crippen molar-refractivity contribution in [3.63, 3.8) is 0 Å². The van der Waals surface area contributed by atoms with Gasteiger partial charge in [0.15, 0.2) is 6.17 Å². The van der Waals surface area contributed by atoms with Crippen molar-refractivity contribution in [1.29, 1.82) is 0 Å². The molecule has 3 aliphatic rings. The van der Waals surface area contributed by atoms with Crippen LogP contribution < -0.4 is 20.1 Å². The fraction of sp³-hybridized carbons (Fsp3) is 0.393. The van der Waals surface area contributed by atoms with Crippen molar-refractivity contribution in [3.05, 3.63) is 160 Å². The van der Waals surface area contributed by atoms with Crippen LogP contribution in [0.15, 0.2) is 134 Å². The molecule has 6 unspecified atom stereocenters. The summed E-state index contributed by atoms with van der Waals surface area (Å²) in [5.41, 5.74) is 2.73. The van der Waals surface area contributed by atoms with Crippen LogP contribution in [0.2, 0.25) is 0 Å². The zero-order valence-corrected chi connectivity index (χ0v) is 48.7. The van der Waals surface area contributed by atoms with E-state index >= 15 is 0 Å². The largest absolute Gasteiger partial charge is 0.487 e. The molecule has 3 fully saturated rings. The number of hydrogen-bond acceptors (Lipinski definition) is 16. The van der Waals surface area contributed by atoms with E-state index in [2.05, 4.69) is 22.2 Å². The summed E-state index contributed by atoms with van der Waals surface area (Å²) in [6.45, 7) is 15.7. The van der Waals surface area contributed by atoms with Gasteiger partial charge in [-0.3, -0.25) is 25.0 Å². The molecule has 6 atom stereocenters. The molecule has 460 valence electrons. The molecule has 3 N–H and O–H groups in total. The number of benzene rings is 5. The zero-order chi connectivity index (χ0) is 62.9. The Morgan fingerprint density at radius 2 is 1.20 bits per heavy atom. The number of aliphatic hydroxyl groups excluding tert-OH is 1. The summed E-state index contributed by atoms with van der Waals surface area (Å²) in [4.78, 5) is 68.6. The van der Waals surface area contributed by atoms with Crippen molar-refractivity contribution >= 4 is 57.7 Å². The van der Waals surface area contributed by atoms with E-state index in [1.807, 2.05) is 78.7 Å². The van der Waals surface area contributed by atoms with E-state index < -0.39 is 75.9 Å². The molecule has 86 heavy (non-hydrogen) atoms. The lowest BCUT2D eigenvalue weighted by molar-refractivity contribution is -0.385. The van der Waals surface area contributed by atoms with E-state index in [0.717, 1.165) is 58.5 Å². The Morgan fingerprint density at radius 3 is 1.72 bits per heavy atom. The number of aromatic nitrogens is 2. The first-order valence-electron chi connectivity index (χ1n) is 27.5. The van der Waals surface area contributed by atoms with Gasteiger partial charge in [-0.05, 0) is 134 Å². The second-order valence-corrected chi connectivity index (χ2v) is 22.3. The third kappa shape index (κ3) is 20.7. The van der Waals surface area contributed by atoms with Crippen molar-refractivity contribution in [2.45, 2.75) is 109 Å². The van der Waals surface area contributed by atoms with Crippen LogP contribution >= 0.6 is 0 Å². The Balaban J connectivity index is 0.000000206. The predicted molar refractivity (Wildman–Crippen MR) is 316 cm³/mol. The molecule has 5 aromatic carbocycles. The molecule has 1 aromatic heterocycles. The Bertz CT molecular complexity index is 3260. The van der Waals surface area contributed by atoms with Crippen molar-refractivity contribution in [3.8, 4) is 22.6 Å². The Kier molecular flexibility index (Phi) is 23.2. The van der Waals surface area contributed by atoms with Crippen molar-refractivity contribution in [2.75, 3.05) is 56.9 Å². The molecule has 4 heterocycles. The SMILES string of the molecule is C=CC(=O)Nc1cccc(-c2cccc3cnc(Nc4ccc(OC5CCN(C)CC5F)cc4)nc23)c1.CC(C)(C)OC(=O)N1CCC(O)C(F)C1.CC(C)(C)OC(=O)N1CCC(Oc2ccc([N+](=O)[O-])cc2)C(F)C1.O=[N+]([O-])c1ccc(F)cc1. The number of fused-ring (bicyclic) bond motifs is 1. The molecule has 0 radical (unpaired) electrons. The first kappa shape index (κ1) is 66.2. The van der Waals surface area contributed by atoms with Gasteiger partial charge in [-0.15, -0.1) is 0 Å². The number of hydrogen-bond donors (Lipinski definition) is 3. The number of nitro groups is 2. The maximum Gasteiger partial charge on any atom is 0.410 e. The summed E-state index contributed by atoms with van der Waals surface area (Å²) in [5, 5.41) is 36.7. The van der Waals surface area contributed by atoms with Gasteiger partial charge in [-0.25, -0.2) is 37.1 Å². The number of likely N-dealkylation sites (tertiary alicyclic amines) is 3. The van der Waals surface area contributed by atoms with E-state index in [1.54, 1.807) is 47.7 Å². The van der Waals surface area contributed by atoms with Gasteiger partial charge in [0.05, 0.1) is 34.6 Å². The second kappa shape index (κ2) is 30.2. The van der Waals surface area contributed by atoms with Crippen LogP contribution in [0.1, 0.15) is 60.8 Å². The molecule has 0 aliphatic carbocycles. The number of carbonyl (C=O) groups excluding carboxylic acids is 3. The molecule has 3 aliphatic heterocycles. The lowest BCUT2D eigenvalue weighted by Gasteiger charge is -2.35. The fourth-order valence-electron chi connectivity index (χ4n) is 8.67. The number of rotatable bonds is 11. The van der Waals surface area contributed by atoms with Crippen LogP contribution in [0.3, 0.4) is 0 Å². The van der Waals surface area contributed by atoms with Crippen molar-refractivity contribution in [1.82, 2.24) is 24.7 Å². The summed E-state index contributed by atoms with van der Waals surface area (Å²) >= 11 is 0. The molecule has 21 nitrogen and oxygen atoms in total. The maximum absolute atomic E-state index is 14.3. The molecule has 25 heteroatoms. The van der Waals surface area contributed by atoms with Gasteiger partial charge in [-0.1, -0.05) is 36.9 Å². The smallest absolute Gasteiger partial charge is 0.410 e. The van der Waals surface area contributed by atoms with Crippen LogP contribution in [0.5, 0.6) is 11.5 Å². The minimum atomic E-state index is -1.37. The lowest BCUT2D eigenvalue weighted by atomic mass is 10.0. The number of non-ortho nitro benzene ring substituents is 2. The first-order valence-corrected chi connectivity index (χ1v) is 27.5. The fourth-order valence-corrected chi connectivity index (χ4v) is 8.67. The molecule has 9 rings (SSSR count). The highest BCUT2D eigenvalue weighted by Gasteiger charge is 2.36. The molecule has 3 saturated heterocycles. The molecular weight excluding hydrogens is 1130 g/mol. The molecule has 0 spiro atoms. The quantitative estimate of drug-likeness (QED) is 0.0472. The number of amides is 3. The van der Waals surface area contributed by atoms with Gasteiger partial charge >= 0.3 is 12.2 Å². The molecule has 3 amide bonds. The zero-order valence-electron chi connectivity index (χ0n) is 48.7.